The molecule has 0 amide bonds. The Balaban J connectivity index is 2.22. The molecule has 0 heterocycles. The number of nitro groups is 1. The number of nitrogens with zero attached hydrogens (tertiary/aromatic N) is 1. The van der Waals surface area contributed by atoms with E-state index in [1.807, 2.05) is 0 Å². The maximum Gasteiger partial charge on any atom is 0.273 e. The van der Waals surface area contributed by atoms with Crippen molar-refractivity contribution in [2.75, 3.05) is 12.4 Å². The Morgan fingerprint density at radius 2 is 1.90 bits per heavy atom. The molecular weight excluding hydrogens is 282 g/mol. The van der Waals surface area contributed by atoms with Crippen LogP contribution in [0.3, 0.4) is 0 Å². The van der Waals surface area contributed by atoms with Gasteiger partial charge in [-0.25, -0.2) is 8.78 Å². The summed E-state index contributed by atoms with van der Waals surface area (Å²) in [6.45, 7) is -0.104. The molecule has 0 saturated heterocycles. The molecule has 7 heteroatoms. The number of hydrogen-bond acceptors (Lipinski definition) is 4. The Morgan fingerprint density at radius 3 is 2.48 bits per heavy atom. The summed E-state index contributed by atoms with van der Waals surface area (Å²) < 4.78 is 32.0. The molecule has 5 nitrogen and oxygen atoms in total. The van der Waals surface area contributed by atoms with Crippen molar-refractivity contribution in [2.24, 2.45) is 0 Å². The molecule has 0 radical (unpaired) electrons. The molecule has 0 aliphatic rings. The minimum absolute atomic E-state index is 0.104. The summed E-state index contributed by atoms with van der Waals surface area (Å²) in [5.74, 6) is -1.10. The summed E-state index contributed by atoms with van der Waals surface area (Å²) in [4.78, 5) is 10.1. The second-order valence-corrected chi connectivity index (χ2v) is 4.20. The van der Waals surface area contributed by atoms with Crippen LogP contribution >= 0.6 is 0 Å². The van der Waals surface area contributed by atoms with Gasteiger partial charge in [-0.1, -0.05) is 6.07 Å². The van der Waals surface area contributed by atoms with Gasteiger partial charge >= 0.3 is 0 Å². The number of halogens is 2. The van der Waals surface area contributed by atoms with E-state index in [4.69, 9.17) is 4.74 Å². The molecule has 0 spiro atoms. The van der Waals surface area contributed by atoms with Gasteiger partial charge in [0.05, 0.1) is 23.8 Å². The van der Waals surface area contributed by atoms with Crippen molar-refractivity contribution >= 4 is 11.4 Å². The highest BCUT2D eigenvalue weighted by Gasteiger charge is 2.13. The summed E-state index contributed by atoms with van der Waals surface area (Å²) in [5, 5.41) is 13.5. The lowest BCUT2D eigenvalue weighted by atomic mass is 10.2. The Kier molecular flexibility index (Phi) is 4.32. The number of nitro benzene ring substituents is 1. The average Bonchev–Trinajstić information content (AvgIpc) is 2.46. The van der Waals surface area contributed by atoms with Gasteiger partial charge in [0.1, 0.15) is 17.4 Å². The maximum atomic E-state index is 13.5. The van der Waals surface area contributed by atoms with E-state index >= 15 is 0 Å². The van der Waals surface area contributed by atoms with Gasteiger partial charge in [-0.15, -0.1) is 0 Å². The quantitative estimate of drug-likeness (QED) is 0.677. The van der Waals surface area contributed by atoms with Gasteiger partial charge in [0, 0.05) is 18.2 Å². The topological polar surface area (TPSA) is 64.4 Å². The van der Waals surface area contributed by atoms with Crippen LogP contribution in [0.4, 0.5) is 20.2 Å². The van der Waals surface area contributed by atoms with Crippen molar-refractivity contribution in [2.45, 2.75) is 6.54 Å². The molecule has 2 aromatic carbocycles. The van der Waals surface area contributed by atoms with Crippen LogP contribution in [0.15, 0.2) is 36.4 Å². The minimum atomic E-state index is -0.664. The third-order valence-electron chi connectivity index (χ3n) is 2.91. The minimum Gasteiger partial charge on any atom is -0.494 e. The van der Waals surface area contributed by atoms with E-state index in [2.05, 4.69) is 5.32 Å². The number of methoxy groups -OCH3 is 1. The summed E-state index contributed by atoms with van der Waals surface area (Å²) in [5.41, 5.74) is 0.165. The van der Waals surface area contributed by atoms with Gasteiger partial charge in [-0.05, 0) is 18.2 Å². The molecule has 2 rings (SSSR count). The summed E-state index contributed by atoms with van der Waals surface area (Å²) in [7, 11) is 1.36. The number of hydrogen-bond donors (Lipinski definition) is 1. The highest BCUT2D eigenvalue weighted by Crippen LogP contribution is 2.29. The molecule has 110 valence electrons. The van der Waals surface area contributed by atoms with Crippen LogP contribution in [0.2, 0.25) is 0 Å². The number of anilines is 1. The van der Waals surface area contributed by atoms with Gasteiger partial charge < -0.3 is 10.1 Å². The smallest absolute Gasteiger partial charge is 0.273 e. The van der Waals surface area contributed by atoms with E-state index in [1.54, 1.807) is 0 Å². The molecule has 2 aromatic rings. The number of ether oxygens (including phenoxy) is 1. The lowest BCUT2D eigenvalue weighted by Crippen LogP contribution is -2.06. The molecule has 0 saturated carbocycles. The lowest BCUT2D eigenvalue weighted by Gasteiger charge is -2.12. The fourth-order valence-electron chi connectivity index (χ4n) is 1.82. The highest BCUT2D eigenvalue weighted by molar-refractivity contribution is 5.60. The first-order chi connectivity index (χ1) is 10.0. The van der Waals surface area contributed by atoms with E-state index in [0.29, 0.717) is 5.69 Å². The van der Waals surface area contributed by atoms with E-state index in [0.717, 1.165) is 12.1 Å². The first-order valence-electron chi connectivity index (χ1n) is 6.02. The Hall–Kier alpha value is -2.70. The number of nitrogens with one attached hydrogen (secondary N) is 1. The van der Waals surface area contributed by atoms with E-state index in [1.165, 1.54) is 31.4 Å². The molecule has 0 unspecified atom stereocenters. The van der Waals surface area contributed by atoms with Gasteiger partial charge in [-0.2, -0.15) is 0 Å². The van der Waals surface area contributed by atoms with E-state index < -0.39 is 16.6 Å². The average molecular weight is 294 g/mol. The van der Waals surface area contributed by atoms with Crippen LogP contribution in [0, 0.1) is 21.7 Å². The molecule has 21 heavy (non-hydrogen) atoms. The second-order valence-electron chi connectivity index (χ2n) is 4.20. The SMILES string of the molecule is COc1cc([N+](=O)[O-])ccc1NCc1c(F)cccc1F. The van der Waals surface area contributed by atoms with Crippen LogP contribution in [0.25, 0.3) is 0 Å². The molecule has 0 atom stereocenters. The molecule has 0 bridgehead atoms. The Labute approximate surface area is 119 Å². The van der Waals surface area contributed by atoms with Gasteiger partial charge in [0.15, 0.2) is 0 Å². The van der Waals surface area contributed by atoms with Crippen LogP contribution in [-0.2, 0) is 6.54 Å². The van der Waals surface area contributed by atoms with Gasteiger partial charge in [0.2, 0.25) is 0 Å². The lowest BCUT2D eigenvalue weighted by molar-refractivity contribution is -0.384. The summed E-state index contributed by atoms with van der Waals surface area (Å²) >= 11 is 0. The van der Waals surface area contributed by atoms with Crippen molar-refractivity contribution < 1.29 is 18.4 Å². The zero-order chi connectivity index (χ0) is 15.4. The molecule has 0 aliphatic carbocycles. The van der Waals surface area contributed by atoms with Crippen LogP contribution in [-0.4, -0.2) is 12.0 Å². The molecule has 0 aliphatic heterocycles. The number of rotatable bonds is 5. The van der Waals surface area contributed by atoms with Crippen molar-refractivity contribution in [1.82, 2.24) is 0 Å². The third kappa shape index (κ3) is 3.25. The van der Waals surface area contributed by atoms with Crippen molar-refractivity contribution in [3.05, 3.63) is 63.7 Å². The predicted molar refractivity (Wildman–Crippen MR) is 73.3 cm³/mol. The predicted octanol–water partition coefficient (Wildman–Crippen LogP) is 3.49. The molecule has 0 aromatic heterocycles. The van der Waals surface area contributed by atoms with E-state index in [9.17, 15) is 18.9 Å². The normalized spacial score (nSPS) is 10.2. The molecule has 0 fully saturated rings. The Bertz CT molecular complexity index is 657. The van der Waals surface area contributed by atoms with Crippen molar-refractivity contribution in [3.63, 3.8) is 0 Å². The number of benzene rings is 2. The second kappa shape index (κ2) is 6.17. The third-order valence-corrected chi connectivity index (χ3v) is 2.91. The summed E-state index contributed by atoms with van der Waals surface area (Å²) in [6, 6.07) is 7.54. The molecule has 1 N–H and O–H groups in total. The van der Waals surface area contributed by atoms with Crippen LogP contribution in [0.5, 0.6) is 5.75 Å². The first-order valence-corrected chi connectivity index (χ1v) is 6.02. The summed E-state index contributed by atoms with van der Waals surface area (Å²) in [6.07, 6.45) is 0. The van der Waals surface area contributed by atoms with Gasteiger partial charge in [0.25, 0.3) is 5.69 Å². The maximum absolute atomic E-state index is 13.5. The highest BCUT2D eigenvalue weighted by atomic mass is 19.1. The monoisotopic (exact) mass is 294 g/mol. The number of non-ortho nitro benzene ring substituents is 1. The van der Waals surface area contributed by atoms with Gasteiger partial charge in [-0.3, -0.25) is 10.1 Å². The largest absolute Gasteiger partial charge is 0.494 e. The first kappa shape index (κ1) is 14.7. The molecular formula is C14H12F2N2O3. The zero-order valence-electron chi connectivity index (χ0n) is 11.1. The fourth-order valence-corrected chi connectivity index (χ4v) is 1.82. The van der Waals surface area contributed by atoms with Crippen molar-refractivity contribution in [1.29, 1.82) is 0 Å². The van der Waals surface area contributed by atoms with Crippen LogP contribution < -0.4 is 10.1 Å². The Morgan fingerprint density at radius 1 is 1.24 bits per heavy atom. The van der Waals surface area contributed by atoms with Crippen LogP contribution in [0.1, 0.15) is 5.56 Å². The van der Waals surface area contributed by atoms with E-state index in [-0.39, 0.29) is 23.5 Å². The van der Waals surface area contributed by atoms with Crippen molar-refractivity contribution in [3.8, 4) is 5.75 Å². The zero-order valence-corrected chi connectivity index (χ0v) is 11.1. The standard InChI is InChI=1S/C14H12F2N2O3/c1-21-14-7-9(18(19)20)5-6-13(14)17-8-10-11(15)3-2-4-12(10)16/h2-7,17H,8H2,1H3. The fraction of sp³-hybridized carbons (Fsp3) is 0.143.